The molecule has 0 spiro atoms. The maximum absolute atomic E-state index is 4.45. The highest BCUT2D eigenvalue weighted by atomic mass is 79.9. The monoisotopic (exact) mass is 266 g/mol. The van der Waals surface area contributed by atoms with Gasteiger partial charge in [0, 0.05) is 19.7 Å². The van der Waals surface area contributed by atoms with Gasteiger partial charge in [-0.2, -0.15) is 5.10 Å². The first-order valence-corrected chi connectivity index (χ1v) is 5.52. The van der Waals surface area contributed by atoms with Crippen LogP contribution < -0.4 is 0 Å². The SMILES string of the molecule is CCc1nc(Br)cc(-c2ccnn2C)n1. The summed E-state index contributed by atoms with van der Waals surface area (Å²) in [5.41, 5.74) is 1.89. The molecular weight excluding hydrogens is 256 g/mol. The van der Waals surface area contributed by atoms with Gasteiger partial charge in [-0.25, -0.2) is 9.97 Å². The zero-order chi connectivity index (χ0) is 10.8. The Labute approximate surface area is 96.5 Å². The molecule has 5 heteroatoms. The highest BCUT2D eigenvalue weighted by Crippen LogP contribution is 2.19. The van der Waals surface area contributed by atoms with Gasteiger partial charge in [0.05, 0.1) is 11.4 Å². The number of rotatable bonds is 2. The quantitative estimate of drug-likeness (QED) is 0.783. The van der Waals surface area contributed by atoms with Gasteiger partial charge in [-0.1, -0.05) is 6.92 Å². The summed E-state index contributed by atoms with van der Waals surface area (Å²) < 4.78 is 2.61. The summed E-state index contributed by atoms with van der Waals surface area (Å²) in [6.07, 6.45) is 2.58. The summed E-state index contributed by atoms with van der Waals surface area (Å²) in [5.74, 6) is 0.834. The first kappa shape index (κ1) is 10.3. The van der Waals surface area contributed by atoms with Crippen molar-refractivity contribution in [3.8, 4) is 11.4 Å². The first-order chi connectivity index (χ1) is 7.20. The van der Waals surface area contributed by atoms with Crippen molar-refractivity contribution in [1.82, 2.24) is 19.7 Å². The fraction of sp³-hybridized carbons (Fsp3) is 0.300. The van der Waals surface area contributed by atoms with E-state index >= 15 is 0 Å². The standard InChI is InChI=1S/C10H11BrN4/c1-3-10-13-7(6-9(11)14-10)8-4-5-12-15(8)2/h4-6H,3H2,1-2H3. The zero-order valence-corrected chi connectivity index (χ0v) is 10.2. The highest BCUT2D eigenvalue weighted by Gasteiger charge is 2.07. The molecule has 0 aliphatic rings. The van der Waals surface area contributed by atoms with E-state index in [2.05, 4.69) is 31.0 Å². The number of aryl methyl sites for hydroxylation is 2. The van der Waals surface area contributed by atoms with Crippen molar-refractivity contribution in [2.45, 2.75) is 13.3 Å². The highest BCUT2D eigenvalue weighted by molar-refractivity contribution is 9.10. The Bertz CT molecular complexity index is 478. The number of nitrogens with zero attached hydrogens (tertiary/aromatic N) is 4. The normalized spacial score (nSPS) is 10.6. The van der Waals surface area contributed by atoms with Crippen LogP contribution in [0, 0.1) is 0 Å². The van der Waals surface area contributed by atoms with Crippen LogP contribution in [0.1, 0.15) is 12.7 Å². The predicted octanol–water partition coefficient (Wildman–Crippen LogP) is 2.20. The second-order valence-electron chi connectivity index (χ2n) is 3.19. The van der Waals surface area contributed by atoms with Crippen LogP contribution in [-0.2, 0) is 13.5 Å². The van der Waals surface area contributed by atoms with E-state index in [-0.39, 0.29) is 0 Å². The van der Waals surface area contributed by atoms with Gasteiger partial charge >= 0.3 is 0 Å². The van der Waals surface area contributed by atoms with Crippen molar-refractivity contribution in [2.75, 3.05) is 0 Å². The van der Waals surface area contributed by atoms with Crippen molar-refractivity contribution in [3.05, 3.63) is 28.8 Å². The minimum absolute atomic E-state index is 0.811. The molecule has 0 saturated carbocycles. The van der Waals surface area contributed by atoms with E-state index in [9.17, 15) is 0 Å². The van der Waals surface area contributed by atoms with Crippen molar-refractivity contribution in [3.63, 3.8) is 0 Å². The minimum atomic E-state index is 0.811. The van der Waals surface area contributed by atoms with Crippen molar-refractivity contribution < 1.29 is 0 Å². The van der Waals surface area contributed by atoms with Gasteiger partial charge in [-0.05, 0) is 28.1 Å². The Morgan fingerprint density at radius 3 is 2.80 bits per heavy atom. The Morgan fingerprint density at radius 2 is 2.20 bits per heavy atom. The molecule has 0 N–H and O–H groups in total. The van der Waals surface area contributed by atoms with E-state index in [1.165, 1.54) is 0 Å². The molecule has 2 aromatic rings. The number of halogens is 1. The van der Waals surface area contributed by atoms with Gasteiger partial charge in [0.25, 0.3) is 0 Å². The van der Waals surface area contributed by atoms with Crippen molar-refractivity contribution in [2.24, 2.45) is 7.05 Å². The van der Waals surface area contributed by atoms with E-state index in [4.69, 9.17) is 0 Å². The van der Waals surface area contributed by atoms with Crippen LogP contribution in [0.4, 0.5) is 0 Å². The lowest BCUT2D eigenvalue weighted by molar-refractivity contribution is 0.770. The fourth-order valence-corrected chi connectivity index (χ4v) is 1.80. The number of hydrogen-bond acceptors (Lipinski definition) is 3. The lowest BCUT2D eigenvalue weighted by atomic mass is 10.3. The third-order valence-electron chi connectivity index (χ3n) is 2.14. The molecule has 0 atom stereocenters. The molecule has 0 saturated heterocycles. The second-order valence-corrected chi connectivity index (χ2v) is 4.00. The largest absolute Gasteiger partial charge is 0.266 e. The van der Waals surface area contributed by atoms with Gasteiger partial charge in [0.2, 0.25) is 0 Å². The Morgan fingerprint density at radius 1 is 1.40 bits per heavy atom. The van der Waals surface area contributed by atoms with Crippen LogP contribution in [0.25, 0.3) is 11.4 Å². The van der Waals surface area contributed by atoms with Crippen LogP contribution >= 0.6 is 15.9 Å². The van der Waals surface area contributed by atoms with Crippen LogP contribution in [0.15, 0.2) is 22.9 Å². The van der Waals surface area contributed by atoms with Gasteiger partial charge in [-0.3, -0.25) is 4.68 Å². The lowest BCUT2D eigenvalue weighted by Gasteiger charge is -2.03. The number of aromatic nitrogens is 4. The van der Waals surface area contributed by atoms with E-state index in [1.807, 2.05) is 26.1 Å². The Balaban J connectivity index is 2.53. The summed E-state index contributed by atoms with van der Waals surface area (Å²) >= 11 is 3.38. The van der Waals surface area contributed by atoms with Crippen LogP contribution in [0.5, 0.6) is 0 Å². The molecule has 0 unspecified atom stereocenters. The summed E-state index contributed by atoms with van der Waals surface area (Å²) in [6.45, 7) is 2.04. The molecule has 0 aromatic carbocycles. The lowest BCUT2D eigenvalue weighted by Crippen LogP contribution is -1.99. The topological polar surface area (TPSA) is 43.6 Å². The van der Waals surface area contributed by atoms with Gasteiger partial charge in [0.15, 0.2) is 0 Å². The maximum atomic E-state index is 4.45. The van der Waals surface area contributed by atoms with E-state index < -0.39 is 0 Å². The molecule has 78 valence electrons. The molecule has 15 heavy (non-hydrogen) atoms. The summed E-state index contributed by atoms with van der Waals surface area (Å²) in [5, 5.41) is 4.12. The zero-order valence-electron chi connectivity index (χ0n) is 8.61. The molecule has 0 aliphatic heterocycles. The molecule has 4 nitrogen and oxygen atoms in total. The van der Waals surface area contributed by atoms with Gasteiger partial charge in [-0.15, -0.1) is 0 Å². The van der Waals surface area contributed by atoms with E-state index in [0.29, 0.717) is 0 Å². The number of hydrogen-bond donors (Lipinski definition) is 0. The smallest absolute Gasteiger partial charge is 0.130 e. The second kappa shape index (κ2) is 4.10. The molecular formula is C10H11BrN4. The van der Waals surface area contributed by atoms with Crippen LogP contribution in [0.3, 0.4) is 0 Å². The van der Waals surface area contributed by atoms with Crippen molar-refractivity contribution >= 4 is 15.9 Å². The molecule has 2 aromatic heterocycles. The fourth-order valence-electron chi connectivity index (χ4n) is 1.38. The summed E-state index contributed by atoms with van der Waals surface area (Å²) in [4.78, 5) is 8.72. The minimum Gasteiger partial charge on any atom is -0.266 e. The Hall–Kier alpha value is -1.23. The van der Waals surface area contributed by atoms with E-state index in [1.54, 1.807) is 10.9 Å². The summed E-state index contributed by atoms with van der Waals surface area (Å²) in [6, 6.07) is 3.84. The third-order valence-corrected chi connectivity index (χ3v) is 2.55. The van der Waals surface area contributed by atoms with Crippen LogP contribution in [0.2, 0.25) is 0 Å². The van der Waals surface area contributed by atoms with Crippen LogP contribution in [-0.4, -0.2) is 19.7 Å². The Kier molecular flexibility index (Phi) is 2.81. The molecule has 0 bridgehead atoms. The maximum Gasteiger partial charge on any atom is 0.130 e. The molecule has 2 heterocycles. The molecule has 2 rings (SSSR count). The first-order valence-electron chi connectivity index (χ1n) is 4.72. The third kappa shape index (κ3) is 2.07. The van der Waals surface area contributed by atoms with Gasteiger partial charge < -0.3 is 0 Å². The van der Waals surface area contributed by atoms with Crippen molar-refractivity contribution in [1.29, 1.82) is 0 Å². The predicted molar refractivity (Wildman–Crippen MR) is 61.3 cm³/mol. The van der Waals surface area contributed by atoms with Gasteiger partial charge in [0.1, 0.15) is 10.4 Å². The average molecular weight is 267 g/mol. The molecule has 0 radical (unpaired) electrons. The molecule has 0 amide bonds. The van der Waals surface area contributed by atoms with E-state index in [0.717, 1.165) is 28.2 Å². The average Bonchev–Trinajstić information content (AvgIpc) is 2.63. The molecule has 0 aliphatic carbocycles. The molecule has 0 fully saturated rings. The summed E-state index contributed by atoms with van der Waals surface area (Å²) in [7, 11) is 1.90.